The van der Waals surface area contributed by atoms with Gasteiger partial charge < -0.3 is 4.74 Å². The number of alkyl halides is 1. The third kappa shape index (κ3) is 2.54. The van der Waals surface area contributed by atoms with E-state index in [1.807, 2.05) is 30.3 Å². The fourth-order valence-electron chi connectivity index (χ4n) is 1.26. The molecule has 2 aromatic rings. The van der Waals surface area contributed by atoms with Gasteiger partial charge in [-0.15, -0.1) is 11.6 Å². The van der Waals surface area contributed by atoms with Crippen LogP contribution in [0.15, 0.2) is 47.2 Å². The standard InChI is InChI=1S/C12H9BrClNO/c13-10-3-1-2-4-11(10)16-12-8-15-6-5-9(12)7-14/h1-6,8H,7H2. The van der Waals surface area contributed by atoms with E-state index in [2.05, 4.69) is 20.9 Å². The van der Waals surface area contributed by atoms with Gasteiger partial charge in [-0.05, 0) is 34.1 Å². The normalized spacial score (nSPS) is 10.1. The van der Waals surface area contributed by atoms with Crippen LogP contribution in [0.2, 0.25) is 0 Å². The number of hydrogen-bond acceptors (Lipinski definition) is 2. The SMILES string of the molecule is ClCc1ccncc1Oc1ccccc1Br. The third-order valence-electron chi connectivity index (χ3n) is 2.07. The van der Waals surface area contributed by atoms with E-state index in [9.17, 15) is 0 Å². The van der Waals surface area contributed by atoms with Crippen LogP contribution in [-0.4, -0.2) is 4.98 Å². The van der Waals surface area contributed by atoms with Gasteiger partial charge in [0.25, 0.3) is 0 Å². The number of para-hydroxylation sites is 1. The minimum atomic E-state index is 0.405. The van der Waals surface area contributed by atoms with E-state index in [4.69, 9.17) is 16.3 Å². The second-order valence-electron chi connectivity index (χ2n) is 3.15. The van der Waals surface area contributed by atoms with Gasteiger partial charge in [0.2, 0.25) is 0 Å². The molecule has 0 spiro atoms. The zero-order valence-corrected chi connectivity index (χ0v) is 10.7. The fraction of sp³-hybridized carbons (Fsp3) is 0.0833. The third-order valence-corrected chi connectivity index (χ3v) is 3.01. The number of benzene rings is 1. The molecule has 0 radical (unpaired) electrons. The molecule has 0 N–H and O–H groups in total. The summed E-state index contributed by atoms with van der Waals surface area (Å²) in [5.41, 5.74) is 0.924. The molecule has 0 aliphatic rings. The lowest BCUT2D eigenvalue weighted by atomic mass is 10.3. The number of aromatic nitrogens is 1. The Morgan fingerprint density at radius 3 is 2.75 bits per heavy atom. The van der Waals surface area contributed by atoms with Gasteiger partial charge in [0, 0.05) is 11.8 Å². The van der Waals surface area contributed by atoms with Crippen LogP contribution in [0.5, 0.6) is 11.5 Å². The highest BCUT2D eigenvalue weighted by atomic mass is 79.9. The van der Waals surface area contributed by atoms with Crippen molar-refractivity contribution < 1.29 is 4.74 Å². The molecule has 0 fully saturated rings. The molecule has 1 aromatic heterocycles. The van der Waals surface area contributed by atoms with Gasteiger partial charge >= 0.3 is 0 Å². The van der Waals surface area contributed by atoms with Crippen LogP contribution in [0, 0.1) is 0 Å². The maximum atomic E-state index is 5.82. The van der Waals surface area contributed by atoms with E-state index in [1.165, 1.54) is 0 Å². The van der Waals surface area contributed by atoms with Crippen molar-refractivity contribution in [2.24, 2.45) is 0 Å². The number of nitrogens with zero attached hydrogens (tertiary/aromatic N) is 1. The van der Waals surface area contributed by atoms with Gasteiger partial charge in [0.15, 0.2) is 0 Å². The molecule has 2 nitrogen and oxygen atoms in total. The second kappa shape index (κ2) is 5.32. The van der Waals surface area contributed by atoms with E-state index in [1.54, 1.807) is 12.4 Å². The summed E-state index contributed by atoms with van der Waals surface area (Å²) in [6, 6.07) is 9.50. The molecule has 0 atom stereocenters. The second-order valence-corrected chi connectivity index (χ2v) is 4.27. The molecule has 1 aromatic carbocycles. The van der Waals surface area contributed by atoms with E-state index >= 15 is 0 Å². The molecule has 0 bridgehead atoms. The summed E-state index contributed by atoms with van der Waals surface area (Å²) < 4.78 is 6.64. The highest BCUT2D eigenvalue weighted by molar-refractivity contribution is 9.10. The Morgan fingerprint density at radius 2 is 2.00 bits per heavy atom. The first kappa shape index (κ1) is 11.4. The Morgan fingerprint density at radius 1 is 1.19 bits per heavy atom. The van der Waals surface area contributed by atoms with E-state index in [0.29, 0.717) is 11.6 Å². The van der Waals surface area contributed by atoms with Crippen LogP contribution < -0.4 is 4.74 Å². The Hall–Kier alpha value is -1.06. The number of hydrogen-bond donors (Lipinski definition) is 0. The summed E-state index contributed by atoms with van der Waals surface area (Å²) >= 11 is 9.24. The summed E-state index contributed by atoms with van der Waals surface area (Å²) in [7, 11) is 0. The molecular formula is C12H9BrClNO. The van der Waals surface area contributed by atoms with Gasteiger partial charge in [-0.1, -0.05) is 12.1 Å². The quantitative estimate of drug-likeness (QED) is 0.785. The largest absolute Gasteiger partial charge is 0.454 e. The summed E-state index contributed by atoms with van der Waals surface area (Å²) in [5.74, 6) is 1.84. The van der Waals surface area contributed by atoms with Crippen LogP contribution in [0.25, 0.3) is 0 Å². The molecule has 0 saturated carbocycles. The molecule has 82 valence electrons. The Kier molecular flexibility index (Phi) is 3.80. The average Bonchev–Trinajstić information content (AvgIpc) is 2.33. The maximum absolute atomic E-state index is 5.82. The molecule has 0 unspecified atom stereocenters. The molecule has 0 aliphatic carbocycles. The molecule has 16 heavy (non-hydrogen) atoms. The van der Waals surface area contributed by atoms with Crippen molar-refractivity contribution in [3.05, 3.63) is 52.8 Å². The van der Waals surface area contributed by atoms with Crippen molar-refractivity contribution in [2.75, 3.05) is 0 Å². The van der Waals surface area contributed by atoms with Gasteiger partial charge in [-0.25, -0.2) is 0 Å². The lowest BCUT2D eigenvalue weighted by Gasteiger charge is -2.09. The Labute approximate surface area is 107 Å². The molecule has 2 rings (SSSR count). The molecule has 0 aliphatic heterocycles. The first-order chi connectivity index (χ1) is 7.81. The predicted molar refractivity (Wildman–Crippen MR) is 68.0 cm³/mol. The van der Waals surface area contributed by atoms with Crippen molar-refractivity contribution >= 4 is 27.5 Å². The van der Waals surface area contributed by atoms with Gasteiger partial charge in [0.1, 0.15) is 11.5 Å². The van der Waals surface area contributed by atoms with Crippen LogP contribution in [0.4, 0.5) is 0 Å². The molecule has 4 heteroatoms. The van der Waals surface area contributed by atoms with Crippen molar-refractivity contribution in [1.29, 1.82) is 0 Å². The lowest BCUT2D eigenvalue weighted by Crippen LogP contribution is -1.91. The summed E-state index contributed by atoms with van der Waals surface area (Å²) in [4.78, 5) is 4.02. The van der Waals surface area contributed by atoms with Crippen molar-refractivity contribution in [1.82, 2.24) is 4.98 Å². The zero-order chi connectivity index (χ0) is 11.4. The van der Waals surface area contributed by atoms with Crippen LogP contribution in [0.1, 0.15) is 5.56 Å². The van der Waals surface area contributed by atoms with Gasteiger partial charge in [-0.3, -0.25) is 4.98 Å². The highest BCUT2D eigenvalue weighted by Gasteiger charge is 2.05. The number of halogens is 2. The number of rotatable bonds is 3. The zero-order valence-electron chi connectivity index (χ0n) is 8.36. The van der Waals surface area contributed by atoms with Crippen LogP contribution >= 0.6 is 27.5 Å². The topological polar surface area (TPSA) is 22.1 Å². The van der Waals surface area contributed by atoms with E-state index in [0.717, 1.165) is 15.8 Å². The van der Waals surface area contributed by atoms with E-state index < -0.39 is 0 Å². The Balaban J connectivity index is 2.30. The molecule has 0 saturated heterocycles. The highest BCUT2D eigenvalue weighted by Crippen LogP contribution is 2.31. The minimum absolute atomic E-state index is 0.405. The number of pyridine rings is 1. The first-order valence-corrected chi connectivity index (χ1v) is 6.05. The van der Waals surface area contributed by atoms with Crippen molar-refractivity contribution in [3.63, 3.8) is 0 Å². The Bertz CT molecular complexity index is 490. The smallest absolute Gasteiger partial charge is 0.150 e. The minimum Gasteiger partial charge on any atom is -0.454 e. The van der Waals surface area contributed by atoms with Crippen LogP contribution in [-0.2, 0) is 5.88 Å². The summed E-state index contributed by atoms with van der Waals surface area (Å²) in [5, 5.41) is 0. The van der Waals surface area contributed by atoms with E-state index in [-0.39, 0.29) is 0 Å². The molecule has 1 heterocycles. The summed E-state index contributed by atoms with van der Waals surface area (Å²) in [6.07, 6.45) is 3.36. The first-order valence-electron chi connectivity index (χ1n) is 4.72. The van der Waals surface area contributed by atoms with Crippen LogP contribution in [0.3, 0.4) is 0 Å². The maximum Gasteiger partial charge on any atom is 0.150 e. The van der Waals surface area contributed by atoms with Gasteiger partial charge in [-0.2, -0.15) is 0 Å². The average molecular weight is 299 g/mol. The fourth-order valence-corrected chi connectivity index (χ4v) is 1.84. The molecular weight excluding hydrogens is 289 g/mol. The summed E-state index contributed by atoms with van der Waals surface area (Å²) in [6.45, 7) is 0. The van der Waals surface area contributed by atoms with Crippen molar-refractivity contribution in [2.45, 2.75) is 5.88 Å². The van der Waals surface area contributed by atoms with Crippen molar-refractivity contribution in [3.8, 4) is 11.5 Å². The predicted octanol–water partition coefficient (Wildman–Crippen LogP) is 4.38. The molecule has 0 amide bonds. The monoisotopic (exact) mass is 297 g/mol. The lowest BCUT2D eigenvalue weighted by molar-refractivity contribution is 0.473. The van der Waals surface area contributed by atoms with Gasteiger partial charge in [0.05, 0.1) is 16.5 Å². The number of ether oxygens (including phenoxy) is 1.